The normalized spacial score (nSPS) is 13.1. The van der Waals surface area contributed by atoms with E-state index in [0.29, 0.717) is 12.1 Å². The molecule has 0 spiro atoms. The Kier molecular flexibility index (Phi) is 5.80. The largest absolute Gasteiger partial charge is 0.329 e. The predicted molar refractivity (Wildman–Crippen MR) is 69.2 cm³/mol. The van der Waals surface area contributed by atoms with E-state index < -0.39 is 0 Å². The molecule has 0 fully saturated rings. The van der Waals surface area contributed by atoms with Crippen molar-refractivity contribution in [3.63, 3.8) is 0 Å². The lowest BCUT2D eigenvalue weighted by Crippen LogP contribution is -2.32. The number of halogens is 1. The smallest absolute Gasteiger partial charge is 0.128 e. The fourth-order valence-electron chi connectivity index (χ4n) is 1.68. The van der Waals surface area contributed by atoms with E-state index in [1.165, 1.54) is 6.07 Å². The van der Waals surface area contributed by atoms with Crippen LogP contribution < -0.4 is 5.73 Å². The number of hydrogen-bond donors (Lipinski definition) is 1. The maximum atomic E-state index is 13.6. The van der Waals surface area contributed by atoms with Crippen LogP contribution in [0, 0.1) is 5.82 Å². The molecule has 1 unspecified atom stereocenters. The van der Waals surface area contributed by atoms with Crippen LogP contribution in [0.25, 0.3) is 0 Å². The molecule has 2 nitrogen and oxygen atoms in total. The highest BCUT2D eigenvalue weighted by molar-refractivity contribution is 7.98. The van der Waals surface area contributed by atoms with Gasteiger partial charge in [-0.05, 0) is 19.4 Å². The summed E-state index contributed by atoms with van der Waals surface area (Å²) >= 11 is 1.78. The molecule has 0 amide bonds. The van der Waals surface area contributed by atoms with Crippen molar-refractivity contribution in [3.05, 3.63) is 35.6 Å². The minimum Gasteiger partial charge on any atom is -0.329 e. The van der Waals surface area contributed by atoms with Crippen molar-refractivity contribution in [2.45, 2.75) is 6.04 Å². The van der Waals surface area contributed by atoms with Crippen molar-refractivity contribution in [3.8, 4) is 0 Å². The zero-order valence-corrected chi connectivity index (χ0v) is 10.6. The number of nitrogens with zero attached hydrogens (tertiary/aromatic N) is 1. The molecule has 4 heteroatoms. The number of hydrogen-bond acceptors (Lipinski definition) is 3. The summed E-state index contributed by atoms with van der Waals surface area (Å²) in [7, 11) is 1.99. The minimum atomic E-state index is -0.172. The molecule has 2 N–H and O–H groups in total. The minimum absolute atomic E-state index is 0.0339. The van der Waals surface area contributed by atoms with Crippen molar-refractivity contribution in [1.82, 2.24) is 4.90 Å². The second-order valence-electron chi connectivity index (χ2n) is 3.75. The van der Waals surface area contributed by atoms with Crippen LogP contribution in [0.3, 0.4) is 0 Å². The first-order chi connectivity index (χ1) is 7.70. The Bertz CT molecular complexity index is 320. The van der Waals surface area contributed by atoms with Gasteiger partial charge in [0, 0.05) is 30.4 Å². The Morgan fingerprint density at radius 2 is 2.12 bits per heavy atom. The monoisotopic (exact) mass is 242 g/mol. The summed E-state index contributed by atoms with van der Waals surface area (Å²) in [4.78, 5) is 2.11. The lowest BCUT2D eigenvalue weighted by Gasteiger charge is -2.27. The highest BCUT2D eigenvalue weighted by Gasteiger charge is 2.17. The number of rotatable bonds is 6. The first-order valence-corrected chi connectivity index (χ1v) is 6.73. The molecule has 0 radical (unpaired) electrons. The molecular weight excluding hydrogens is 223 g/mol. The van der Waals surface area contributed by atoms with Gasteiger partial charge in [-0.25, -0.2) is 4.39 Å². The van der Waals surface area contributed by atoms with Gasteiger partial charge in [0.05, 0.1) is 0 Å². The lowest BCUT2D eigenvalue weighted by molar-refractivity contribution is 0.260. The second-order valence-corrected chi connectivity index (χ2v) is 4.73. The zero-order chi connectivity index (χ0) is 12.0. The van der Waals surface area contributed by atoms with E-state index in [0.717, 1.165) is 12.3 Å². The van der Waals surface area contributed by atoms with Gasteiger partial charge in [-0.2, -0.15) is 11.8 Å². The van der Waals surface area contributed by atoms with Gasteiger partial charge in [0.25, 0.3) is 0 Å². The first kappa shape index (κ1) is 13.5. The van der Waals surface area contributed by atoms with Crippen molar-refractivity contribution >= 4 is 11.8 Å². The summed E-state index contributed by atoms with van der Waals surface area (Å²) in [6, 6.07) is 6.81. The van der Waals surface area contributed by atoms with E-state index in [1.54, 1.807) is 17.8 Å². The second kappa shape index (κ2) is 6.89. The fourth-order valence-corrected chi connectivity index (χ4v) is 2.15. The Morgan fingerprint density at radius 3 is 2.69 bits per heavy atom. The van der Waals surface area contributed by atoms with Crippen molar-refractivity contribution in [2.24, 2.45) is 5.73 Å². The molecule has 0 saturated heterocycles. The van der Waals surface area contributed by atoms with Crippen LogP contribution >= 0.6 is 11.8 Å². The number of likely N-dealkylation sites (N-methyl/N-ethyl adjacent to an activating group) is 1. The van der Waals surface area contributed by atoms with Crippen molar-refractivity contribution in [2.75, 3.05) is 32.1 Å². The van der Waals surface area contributed by atoms with Crippen LogP contribution in [0.5, 0.6) is 0 Å². The van der Waals surface area contributed by atoms with E-state index in [4.69, 9.17) is 5.73 Å². The van der Waals surface area contributed by atoms with Crippen LogP contribution in [0.15, 0.2) is 24.3 Å². The molecule has 0 aliphatic heterocycles. The van der Waals surface area contributed by atoms with Gasteiger partial charge in [-0.3, -0.25) is 4.90 Å². The molecule has 90 valence electrons. The summed E-state index contributed by atoms with van der Waals surface area (Å²) in [6.45, 7) is 1.35. The molecule has 0 saturated carbocycles. The van der Waals surface area contributed by atoms with Crippen LogP contribution in [-0.4, -0.2) is 37.0 Å². The van der Waals surface area contributed by atoms with E-state index >= 15 is 0 Å². The third-order valence-electron chi connectivity index (χ3n) is 2.67. The molecule has 0 bridgehead atoms. The molecule has 16 heavy (non-hydrogen) atoms. The van der Waals surface area contributed by atoms with Crippen LogP contribution in [-0.2, 0) is 0 Å². The van der Waals surface area contributed by atoms with Gasteiger partial charge in [0.1, 0.15) is 5.82 Å². The topological polar surface area (TPSA) is 29.3 Å². The molecule has 0 aliphatic carbocycles. The average molecular weight is 242 g/mol. The summed E-state index contributed by atoms with van der Waals surface area (Å²) in [5, 5.41) is 0. The number of nitrogens with two attached hydrogens (primary N) is 1. The van der Waals surface area contributed by atoms with E-state index in [9.17, 15) is 4.39 Å². The van der Waals surface area contributed by atoms with Crippen molar-refractivity contribution < 1.29 is 4.39 Å². The van der Waals surface area contributed by atoms with Gasteiger partial charge in [0.2, 0.25) is 0 Å². The van der Waals surface area contributed by atoms with Crippen molar-refractivity contribution in [1.29, 1.82) is 0 Å². The third-order valence-corrected chi connectivity index (χ3v) is 3.26. The van der Waals surface area contributed by atoms with Crippen LogP contribution in [0.1, 0.15) is 11.6 Å². The number of thioether (sulfide) groups is 1. The maximum Gasteiger partial charge on any atom is 0.128 e. The molecule has 1 aromatic rings. The van der Waals surface area contributed by atoms with E-state index in [2.05, 4.69) is 11.2 Å². The SMILES string of the molecule is CSCCN(C)C(CN)c1ccccc1F. The molecular formula is C12H19FN2S. The standard InChI is InChI=1S/C12H19FN2S/c1-15(7-8-16-2)12(9-14)10-5-3-4-6-11(10)13/h3-6,12H,7-9,14H2,1-2H3. The highest BCUT2D eigenvalue weighted by atomic mass is 32.2. The molecule has 0 aromatic heterocycles. The molecule has 0 aliphatic rings. The van der Waals surface area contributed by atoms with Gasteiger partial charge < -0.3 is 5.73 Å². The lowest BCUT2D eigenvalue weighted by atomic mass is 10.1. The molecule has 1 atom stereocenters. The van der Waals surface area contributed by atoms with Gasteiger partial charge in [-0.15, -0.1) is 0 Å². The molecule has 1 aromatic carbocycles. The van der Waals surface area contributed by atoms with Crippen LogP contribution in [0.4, 0.5) is 4.39 Å². The van der Waals surface area contributed by atoms with Gasteiger partial charge in [0.15, 0.2) is 0 Å². The Labute approximate surface area is 101 Å². The summed E-state index contributed by atoms with van der Waals surface area (Å²) in [5.74, 6) is 0.857. The van der Waals surface area contributed by atoms with E-state index in [-0.39, 0.29) is 11.9 Å². The predicted octanol–water partition coefficient (Wildman–Crippen LogP) is 2.12. The van der Waals surface area contributed by atoms with Crippen LogP contribution in [0.2, 0.25) is 0 Å². The summed E-state index contributed by atoms with van der Waals surface area (Å²) < 4.78 is 13.6. The molecule has 0 heterocycles. The summed E-state index contributed by atoms with van der Waals surface area (Å²) in [6.07, 6.45) is 2.06. The average Bonchev–Trinajstić information content (AvgIpc) is 2.30. The maximum absolute atomic E-state index is 13.6. The third kappa shape index (κ3) is 3.47. The number of benzene rings is 1. The quantitative estimate of drug-likeness (QED) is 0.828. The van der Waals surface area contributed by atoms with E-state index in [1.807, 2.05) is 19.2 Å². The van der Waals surface area contributed by atoms with Gasteiger partial charge in [-0.1, -0.05) is 18.2 Å². The Hall–Kier alpha value is -0.580. The summed E-state index contributed by atoms with van der Waals surface area (Å²) in [5.41, 5.74) is 6.42. The fraction of sp³-hybridized carbons (Fsp3) is 0.500. The Balaban J connectivity index is 2.77. The Morgan fingerprint density at radius 1 is 1.44 bits per heavy atom. The highest BCUT2D eigenvalue weighted by Crippen LogP contribution is 2.21. The zero-order valence-electron chi connectivity index (χ0n) is 9.82. The molecule has 1 rings (SSSR count). The van der Waals surface area contributed by atoms with Gasteiger partial charge >= 0.3 is 0 Å². The first-order valence-electron chi connectivity index (χ1n) is 5.34.